The molecule has 0 unspecified atom stereocenters. The molecule has 0 aromatic heterocycles. The molecule has 0 saturated carbocycles. The van der Waals surface area contributed by atoms with Crippen molar-refractivity contribution in [2.75, 3.05) is 6.61 Å². The van der Waals surface area contributed by atoms with Crippen molar-refractivity contribution in [2.24, 2.45) is 0 Å². The van der Waals surface area contributed by atoms with Crippen molar-refractivity contribution in [3.05, 3.63) is 33.9 Å². The predicted octanol–water partition coefficient (Wildman–Crippen LogP) is 3.27. The zero-order valence-corrected chi connectivity index (χ0v) is 9.09. The Morgan fingerprint density at radius 2 is 2.06 bits per heavy atom. The van der Waals surface area contributed by atoms with Crippen LogP contribution in [0.1, 0.15) is 5.56 Å². The number of halogens is 4. The van der Waals surface area contributed by atoms with Gasteiger partial charge in [0.2, 0.25) is 0 Å². The van der Waals surface area contributed by atoms with E-state index in [2.05, 4.69) is 4.74 Å². The first kappa shape index (κ1) is 13.6. The average Bonchev–Trinajstić information content (AvgIpc) is 2.24. The fraction of sp³-hybridized carbons (Fsp3) is 0.333. The fourth-order valence-electron chi connectivity index (χ4n) is 1.08. The SMILES string of the molecule is O=[N+]([O-])c1ccc(OCC(F)(F)F)c(CCl)c1. The first-order valence-electron chi connectivity index (χ1n) is 4.36. The van der Waals surface area contributed by atoms with Gasteiger partial charge in [-0.3, -0.25) is 10.1 Å². The van der Waals surface area contributed by atoms with E-state index in [1.54, 1.807) is 0 Å². The van der Waals surface area contributed by atoms with E-state index in [9.17, 15) is 23.3 Å². The van der Waals surface area contributed by atoms with Gasteiger partial charge in [0, 0.05) is 17.7 Å². The number of ether oxygens (including phenoxy) is 1. The summed E-state index contributed by atoms with van der Waals surface area (Å²) in [6.07, 6.45) is -4.47. The van der Waals surface area contributed by atoms with Crippen molar-refractivity contribution in [1.29, 1.82) is 0 Å². The Labute approximate surface area is 99.1 Å². The molecule has 8 heteroatoms. The number of benzene rings is 1. The number of nitro groups is 1. The third-order valence-corrected chi connectivity index (χ3v) is 2.08. The van der Waals surface area contributed by atoms with Gasteiger partial charge < -0.3 is 4.74 Å². The normalized spacial score (nSPS) is 11.3. The van der Waals surface area contributed by atoms with Gasteiger partial charge in [-0.1, -0.05) is 0 Å². The van der Waals surface area contributed by atoms with Crippen LogP contribution in [0.25, 0.3) is 0 Å². The molecule has 0 amide bonds. The van der Waals surface area contributed by atoms with Crippen LogP contribution in [0.15, 0.2) is 18.2 Å². The van der Waals surface area contributed by atoms with Crippen LogP contribution in [-0.2, 0) is 5.88 Å². The van der Waals surface area contributed by atoms with Crippen LogP contribution >= 0.6 is 11.6 Å². The minimum atomic E-state index is -4.47. The molecule has 0 aliphatic carbocycles. The summed E-state index contributed by atoms with van der Waals surface area (Å²) in [5, 5.41) is 10.4. The smallest absolute Gasteiger partial charge is 0.422 e. The number of nitrogens with zero attached hydrogens (tertiary/aromatic N) is 1. The second-order valence-corrected chi connectivity index (χ2v) is 3.35. The summed E-state index contributed by atoms with van der Waals surface area (Å²) in [5.74, 6) is -0.280. The van der Waals surface area contributed by atoms with Crippen molar-refractivity contribution in [1.82, 2.24) is 0 Å². The number of nitro benzene ring substituents is 1. The Hall–Kier alpha value is -1.50. The van der Waals surface area contributed by atoms with Crippen LogP contribution in [0.2, 0.25) is 0 Å². The Bertz CT molecular complexity index is 422. The predicted molar refractivity (Wildman–Crippen MR) is 54.2 cm³/mol. The first-order chi connectivity index (χ1) is 7.83. The van der Waals surface area contributed by atoms with E-state index in [1.165, 1.54) is 0 Å². The lowest BCUT2D eigenvalue weighted by molar-refractivity contribution is -0.384. The maximum Gasteiger partial charge on any atom is 0.422 e. The topological polar surface area (TPSA) is 52.4 Å². The van der Waals surface area contributed by atoms with Gasteiger partial charge in [-0.05, 0) is 6.07 Å². The second-order valence-electron chi connectivity index (χ2n) is 3.09. The molecule has 0 aliphatic heterocycles. The molecule has 0 atom stereocenters. The lowest BCUT2D eigenvalue weighted by atomic mass is 10.2. The van der Waals surface area contributed by atoms with Crippen LogP contribution < -0.4 is 4.74 Å². The summed E-state index contributed by atoms with van der Waals surface area (Å²) >= 11 is 5.47. The molecule has 0 N–H and O–H groups in total. The molecule has 0 spiro atoms. The highest BCUT2D eigenvalue weighted by Gasteiger charge is 2.29. The average molecular weight is 270 g/mol. The molecule has 17 heavy (non-hydrogen) atoms. The number of rotatable bonds is 4. The second kappa shape index (κ2) is 5.22. The van der Waals surface area contributed by atoms with Crippen molar-refractivity contribution >= 4 is 17.3 Å². The number of hydrogen-bond donors (Lipinski definition) is 0. The van der Waals surface area contributed by atoms with E-state index >= 15 is 0 Å². The largest absolute Gasteiger partial charge is 0.484 e. The Balaban J connectivity index is 2.89. The van der Waals surface area contributed by atoms with Crippen molar-refractivity contribution in [3.63, 3.8) is 0 Å². The summed E-state index contributed by atoms with van der Waals surface area (Å²) in [6, 6.07) is 3.24. The third-order valence-electron chi connectivity index (χ3n) is 1.79. The highest BCUT2D eigenvalue weighted by atomic mass is 35.5. The van der Waals surface area contributed by atoms with Crippen molar-refractivity contribution in [3.8, 4) is 5.75 Å². The molecule has 94 valence electrons. The Kier molecular flexibility index (Phi) is 4.17. The van der Waals surface area contributed by atoms with E-state index < -0.39 is 17.7 Å². The van der Waals surface area contributed by atoms with Crippen LogP contribution in [0.5, 0.6) is 5.75 Å². The number of non-ortho nitro benzene ring substituents is 1. The quantitative estimate of drug-likeness (QED) is 0.479. The van der Waals surface area contributed by atoms with Crippen LogP contribution in [-0.4, -0.2) is 17.7 Å². The minimum Gasteiger partial charge on any atom is -0.484 e. The van der Waals surface area contributed by atoms with E-state index in [4.69, 9.17) is 11.6 Å². The molecule has 1 aromatic carbocycles. The molecular formula is C9H7ClF3NO3. The third kappa shape index (κ3) is 4.10. The highest BCUT2D eigenvalue weighted by Crippen LogP contribution is 2.27. The van der Waals surface area contributed by atoms with Crippen LogP contribution in [0.4, 0.5) is 18.9 Å². The molecule has 4 nitrogen and oxygen atoms in total. The number of hydrogen-bond acceptors (Lipinski definition) is 3. The van der Waals surface area contributed by atoms with E-state index in [0.29, 0.717) is 0 Å². The van der Waals surface area contributed by atoms with Gasteiger partial charge in [-0.15, -0.1) is 11.6 Å². The summed E-state index contributed by atoms with van der Waals surface area (Å²) < 4.78 is 40.2. The van der Waals surface area contributed by atoms with Gasteiger partial charge in [0.05, 0.1) is 10.8 Å². The number of alkyl halides is 4. The molecular weight excluding hydrogens is 263 g/mol. The van der Waals surface area contributed by atoms with Gasteiger partial charge in [0.25, 0.3) is 5.69 Å². The monoisotopic (exact) mass is 269 g/mol. The Morgan fingerprint density at radius 3 is 2.53 bits per heavy atom. The summed E-state index contributed by atoms with van der Waals surface area (Å²) in [6.45, 7) is -1.46. The summed E-state index contributed by atoms with van der Waals surface area (Å²) in [5.41, 5.74) is -0.106. The van der Waals surface area contributed by atoms with Crippen LogP contribution in [0.3, 0.4) is 0 Å². The molecule has 0 radical (unpaired) electrons. The van der Waals surface area contributed by atoms with E-state index in [1.807, 2.05) is 0 Å². The first-order valence-corrected chi connectivity index (χ1v) is 4.90. The molecule has 0 fully saturated rings. The fourth-order valence-corrected chi connectivity index (χ4v) is 1.29. The molecule has 0 bridgehead atoms. The lowest BCUT2D eigenvalue weighted by Gasteiger charge is -2.11. The van der Waals surface area contributed by atoms with E-state index in [0.717, 1.165) is 18.2 Å². The van der Waals surface area contributed by atoms with Crippen molar-refractivity contribution in [2.45, 2.75) is 12.1 Å². The summed E-state index contributed by atoms with van der Waals surface area (Å²) in [4.78, 5) is 9.78. The van der Waals surface area contributed by atoms with Gasteiger partial charge in [-0.2, -0.15) is 13.2 Å². The maximum atomic E-state index is 11.9. The minimum absolute atomic E-state index is 0.108. The zero-order chi connectivity index (χ0) is 13.1. The molecule has 0 saturated heterocycles. The zero-order valence-electron chi connectivity index (χ0n) is 8.33. The van der Waals surface area contributed by atoms with Gasteiger partial charge >= 0.3 is 6.18 Å². The highest BCUT2D eigenvalue weighted by molar-refractivity contribution is 6.17. The van der Waals surface area contributed by atoms with Gasteiger partial charge in [0.1, 0.15) is 5.75 Å². The Morgan fingerprint density at radius 1 is 1.41 bits per heavy atom. The molecule has 0 heterocycles. The standard InChI is InChI=1S/C9H7ClF3NO3/c10-4-6-3-7(14(15)16)1-2-8(6)17-5-9(11,12)13/h1-3H,4-5H2. The maximum absolute atomic E-state index is 11.9. The molecule has 1 rings (SSSR count). The van der Waals surface area contributed by atoms with Gasteiger partial charge in [-0.25, -0.2) is 0 Å². The van der Waals surface area contributed by atoms with Crippen molar-refractivity contribution < 1.29 is 22.8 Å². The van der Waals surface area contributed by atoms with E-state index in [-0.39, 0.29) is 22.9 Å². The molecule has 0 aliphatic rings. The lowest BCUT2D eigenvalue weighted by Crippen LogP contribution is -2.19. The van der Waals surface area contributed by atoms with Gasteiger partial charge in [0.15, 0.2) is 6.61 Å². The summed E-state index contributed by atoms with van der Waals surface area (Å²) in [7, 11) is 0. The van der Waals surface area contributed by atoms with Crippen LogP contribution in [0, 0.1) is 10.1 Å². The molecule has 1 aromatic rings.